The number of esters is 1. The molecule has 2 aliphatic rings. The maximum absolute atomic E-state index is 13.4. The number of amides is 1. The normalized spacial score (nSPS) is 22.1. The van der Waals surface area contributed by atoms with E-state index in [1.54, 1.807) is 18.0 Å². The van der Waals surface area contributed by atoms with Crippen LogP contribution in [0.2, 0.25) is 0 Å². The predicted octanol–water partition coefficient (Wildman–Crippen LogP) is 3.12. The van der Waals surface area contributed by atoms with Crippen LogP contribution in [0.4, 0.5) is 0 Å². The molecule has 1 saturated heterocycles. The average molecular weight is 470 g/mol. The van der Waals surface area contributed by atoms with Crippen LogP contribution in [0.3, 0.4) is 0 Å². The lowest BCUT2D eigenvalue weighted by Crippen LogP contribution is -2.47. The fourth-order valence-corrected chi connectivity index (χ4v) is 5.16. The van der Waals surface area contributed by atoms with Crippen molar-refractivity contribution in [3.63, 3.8) is 0 Å². The zero-order valence-corrected chi connectivity index (χ0v) is 20.1. The average Bonchev–Trinajstić information content (AvgIpc) is 3.50. The molecule has 1 aliphatic carbocycles. The Morgan fingerprint density at radius 1 is 1.03 bits per heavy atom. The lowest BCUT2D eigenvalue weighted by molar-refractivity contribution is -0.126. The third-order valence-electron chi connectivity index (χ3n) is 7.07. The van der Waals surface area contributed by atoms with Crippen molar-refractivity contribution in [2.45, 2.75) is 76.0 Å². The molecule has 34 heavy (non-hydrogen) atoms. The van der Waals surface area contributed by atoms with Crippen LogP contribution >= 0.6 is 0 Å². The fourth-order valence-electron chi connectivity index (χ4n) is 5.16. The van der Waals surface area contributed by atoms with Crippen LogP contribution in [0.1, 0.15) is 73.5 Å². The van der Waals surface area contributed by atoms with Crippen molar-refractivity contribution in [1.29, 1.82) is 0 Å². The van der Waals surface area contributed by atoms with E-state index in [0.717, 1.165) is 30.7 Å². The minimum Gasteiger partial charge on any atom is -0.497 e. The maximum Gasteiger partial charge on any atom is 0.360 e. The summed E-state index contributed by atoms with van der Waals surface area (Å²) in [5, 5.41) is 11.3. The molecule has 2 heterocycles. The van der Waals surface area contributed by atoms with Crippen molar-refractivity contribution in [3.05, 3.63) is 41.7 Å². The number of methoxy groups -OCH3 is 2. The van der Waals surface area contributed by atoms with Gasteiger partial charge < -0.3 is 14.8 Å². The van der Waals surface area contributed by atoms with Crippen LogP contribution in [0.25, 0.3) is 0 Å². The van der Waals surface area contributed by atoms with Gasteiger partial charge in [-0.3, -0.25) is 9.69 Å². The summed E-state index contributed by atoms with van der Waals surface area (Å²) in [6.07, 6.45) is 10.7. The van der Waals surface area contributed by atoms with Gasteiger partial charge in [0.2, 0.25) is 5.91 Å². The Bertz CT molecular complexity index is 952. The summed E-state index contributed by atoms with van der Waals surface area (Å²) in [5.74, 6) is 0.326. The van der Waals surface area contributed by atoms with E-state index in [0.29, 0.717) is 19.0 Å². The van der Waals surface area contributed by atoms with Crippen molar-refractivity contribution in [1.82, 2.24) is 25.2 Å². The number of nitrogens with zero attached hydrogens (tertiary/aromatic N) is 4. The minimum atomic E-state index is -0.505. The Kier molecular flexibility index (Phi) is 8.16. The number of likely N-dealkylation sites (tertiary alicyclic amines) is 1. The van der Waals surface area contributed by atoms with Crippen molar-refractivity contribution in [2.75, 3.05) is 20.8 Å². The number of carbonyl (C=O) groups excluding carboxylic acids is 2. The number of rotatable bonds is 7. The van der Waals surface area contributed by atoms with Crippen LogP contribution < -0.4 is 10.1 Å². The standard InChI is InChI=1S/C25H35N5O4/c1-33-21-12-10-18(11-13-21)15-26-24(31)23-14-20(30-17-22(27-28-30)25(32)34-2)16-29(23)19-8-6-4-3-5-7-9-19/h10-13,17,19-20,23H,3-9,14-16H2,1-2H3,(H,26,31)/t20-,23+/m1/s1. The molecule has 1 aromatic heterocycles. The van der Waals surface area contributed by atoms with Crippen LogP contribution in [0.15, 0.2) is 30.5 Å². The van der Waals surface area contributed by atoms with Crippen molar-refractivity contribution < 1.29 is 19.1 Å². The molecule has 2 aromatic rings. The molecule has 2 fully saturated rings. The topological polar surface area (TPSA) is 98.6 Å². The van der Waals surface area contributed by atoms with Gasteiger partial charge in [0, 0.05) is 19.1 Å². The smallest absolute Gasteiger partial charge is 0.360 e. The van der Waals surface area contributed by atoms with Gasteiger partial charge in [0.05, 0.1) is 32.5 Å². The third kappa shape index (κ3) is 5.75. The Balaban J connectivity index is 1.48. The lowest BCUT2D eigenvalue weighted by Gasteiger charge is -2.33. The first kappa shape index (κ1) is 24.2. The quantitative estimate of drug-likeness (QED) is 0.622. The summed E-state index contributed by atoms with van der Waals surface area (Å²) < 4.78 is 11.7. The molecule has 1 aliphatic heterocycles. The maximum atomic E-state index is 13.4. The molecule has 0 spiro atoms. The first-order valence-corrected chi connectivity index (χ1v) is 12.3. The second kappa shape index (κ2) is 11.5. The summed E-state index contributed by atoms with van der Waals surface area (Å²) in [6.45, 7) is 1.19. The molecule has 1 N–H and O–H groups in total. The summed E-state index contributed by atoms with van der Waals surface area (Å²) in [5.41, 5.74) is 1.22. The first-order valence-electron chi connectivity index (χ1n) is 12.3. The second-order valence-electron chi connectivity index (χ2n) is 9.24. The number of hydrogen-bond donors (Lipinski definition) is 1. The zero-order valence-electron chi connectivity index (χ0n) is 20.1. The van der Waals surface area contributed by atoms with Gasteiger partial charge in [-0.15, -0.1) is 5.10 Å². The van der Waals surface area contributed by atoms with Crippen LogP contribution in [-0.2, 0) is 16.1 Å². The monoisotopic (exact) mass is 469 g/mol. The highest BCUT2D eigenvalue weighted by atomic mass is 16.5. The molecule has 2 atom stereocenters. The van der Waals surface area contributed by atoms with Crippen molar-refractivity contribution in [3.8, 4) is 5.75 Å². The Morgan fingerprint density at radius 3 is 2.41 bits per heavy atom. The highest BCUT2D eigenvalue weighted by Crippen LogP contribution is 2.33. The van der Waals surface area contributed by atoms with E-state index < -0.39 is 5.97 Å². The molecule has 0 bridgehead atoms. The summed E-state index contributed by atoms with van der Waals surface area (Å²) in [6, 6.07) is 7.85. The van der Waals surface area contributed by atoms with E-state index in [4.69, 9.17) is 9.47 Å². The van der Waals surface area contributed by atoms with Crippen molar-refractivity contribution in [2.24, 2.45) is 0 Å². The van der Waals surface area contributed by atoms with Gasteiger partial charge >= 0.3 is 5.97 Å². The fraction of sp³-hybridized carbons (Fsp3) is 0.600. The molecular formula is C25H35N5O4. The molecule has 0 radical (unpaired) electrons. The Morgan fingerprint density at radius 2 is 1.74 bits per heavy atom. The number of carbonyl (C=O) groups is 2. The van der Waals surface area contributed by atoms with Gasteiger partial charge in [0.1, 0.15) is 5.75 Å². The van der Waals surface area contributed by atoms with Crippen molar-refractivity contribution >= 4 is 11.9 Å². The summed E-state index contributed by atoms with van der Waals surface area (Å²) >= 11 is 0. The summed E-state index contributed by atoms with van der Waals surface area (Å²) in [4.78, 5) is 27.6. The van der Waals surface area contributed by atoms with Gasteiger partial charge in [-0.05, 0) is 37.0 Å². The molecule has 1 aromatic carbocycles. The second-order valence-corrected chi connectivity index (χ2v) is 9.24. The number of aromatic nitrogens is 3. The van der Waals surface area contributed by atoms with Gasteiger partial charge in [0.25, 0.3) is 0 Å². The summed E-state index contributed by atoms with van der Waals surface area (Å²) in [7, 11) is 2.97. The van der Waals surface area contributed by atoms with Crippen LogP contribution in [0, 0.1) is 0 Å². The predicted molar refractivity (Wildman–Crippen MR) is 126 cm³/mol. The zero-order chi connectivity index (χ0) is 23.9. The molecule has 0 unspecified atom stereocenters. The van der Waals surface area contributed by atoms with E-state index in [9.17, 15) is 9.59 Å². The largest absolute Gasteiger partial charge is 0.497 e. The SMILES string of the molecule is COC(=O)c1cn([C@@H]2C[C@@H](C(=O)NCc3ccc(OC)cc3)N(C3CCCCCCC3)C2)nn1. The van der Waals surface area contributed by atoms with E-state index in [1.807, 2.05) is 24.3 Å². The van der Waals surface area contributed by atoms with Gasteiger partial charge in [-0.25, -0.2) is 9.48 Å². The molecule has 4 rings (SSSR count). The number of nitrogens with one attached hydrogen (secondary N) is 1. The highest BCUT2D eigenvalue weighted by molar-refractivity contribution is 5.86. The van der Waals surface area contributed by atoms with E-state index >= 15 is 0 Å². The molecule has 9 heteroatoms. The van der Waals surface area contributed by atoms with Crippen LogP contribution in [-0.4, -0.2) is 64.6 Å². The van der Waals surface area contributed by atoms with Gasteiger partial charge in [-0.2, -0.15) is 0 Å². The van der Waals surface area contributed by atoms with E-state index in [2.05, 4.69) is 20.5 Å². The Labute approximate surface area is 200 Å². The Hall–Kier alpha value is -2.94. The molecule has 9 nitrogen and oxygen atoms in total. The molecule has 1 amide bonds. The van der Waals surface area contributed by atoms with E-state index in [1.165, 1.54) is 39.2 Å². The van der Waals surface area contributed by atoms with Gasteiger partial charge in [-0.1, -0.05) is 49.5 Å². The number of ether oxygens (including phenoxy) is 2. The molecule has 184 valence electrons. The molecule has 1 saturated carbocycles. The highest BCUT2D eigenvalue weighted by Gasteiger charge is 2.41. The number of benzene rings is 1. The van der Waals surface area contributed by atoms with Gasteiger partial charge in [0.15, 0.2) is 5.69 Å². The first-order chi connectivity index (χ1) is 16.6. The third-order valence-corrected chi connectivity index (χ3v) is 7.07. The minimum absolute atomic E-state index is 0.0203. The lowest BCUT2D eigenvalue weighted by atomic mass is 9.95. The van der Waals surface area contributed by atoms with E-state index in [-0.39, 0.29) is 23.7 Å². The van der Waals surface area contributed by atoms with Crippen LogP contribution in [0.5, 0.6) is 5.75 Å². The molecular weight excluding hydrogens is 434 g/mol. The number of hydrogen-bond acceptors (Lipinski definition) is 7.